The molecule has 0 saturated heterocycles. The summed E-state index contributed by atoms with van der Waals surface area (Å²) >= 11 is 0. The monoisotopic (exact) mass is 249 g/mol. The van der Waals surface area contributed by atoms with Crippen LogP contribution in [0.2, 0.25) is 0 Å². The molecule has 0 fully saturated rings. The van der Waals surface area contributed by atoms with Crippen molar-refractivity contribution in [3.63, 3.8) is 0 Å². The van der Waals surface area contributed by atoms with E-state index in [0.29, 0.717) is 12.6 Å². The van der Waals surface area contributed by atoms with Crippen LogP contribution in [0.4, 0.5) is 10.1 Å². The number of hydrogen-bond acceptors (Lipinski definition) is 3. The third-order valence-electron chi connectivity index (χ3n) is 2.28. The zero-order valence-corrected chi connectivity index (χ0v) is 10.5. The fourth-order valence-electron chi connectivity index (χ4n) is 1.37. The Morgan fingerprint density at radius 3 is 2.78 bits per heavy atom. The van der Waals surface area contributed by atoms with Crippen molar-refractivity contribution >= 4 is 11.6 Å². The maximum atomic E-state index is 13.5. The van der Waals surface area contributed by atoms with E-state index in [0.717, 1.165) is 6.07 Å². The molecule has 0 unspecified atom stereocenters. The van der Waals surface area contributed by atoms with E-state index in [-0.39, 0.29) is 23.6 Å². The minimum Gasteiger partial charge on any atom is -0.324 e. The van der Waals surface area contributed by atoms with Crippen LogP contribution in [-0.2, 0) is 4.79 Å². The molecular formula is C13H16FN3O. The van der Waals surface area contributed by atoms with Crippen molar-refractivity contribution in [2.24, 2.45) is 0 Å². The van der Waals surface area contributed by atoms with Gasteiger partial charge in [-0.2, -0.15) is 5.26 Å². The van der Waals surface area contributed by atoms with Crippen LogP contribution < -0.4 is 10.6 Å². The molecule has 0 heterocycles. The summed E-state index contributed by atoms with van der Waals surface area (Å²) in [6, 6.07) is 6.10. The van der Waals surface area contributed by atoms with E-state index in [1.165, 1.54) is 12.1 Å². The molecule has 96 valence electrons. The van der Waals surface area contributed by atoms with Gasteiger partial charge in [0.2, 0.25) is 5.91 Å². The first-order valence-electron chi connectivity index (χ1n) is 5.76. The van der Waals surface area contributed by atoms with Crippen molar-refractivity contribution in [2.75, 3.05) is 11.9 Å². The number of rotatable bonds is 5. The molecular weight excluding hydrogens is 233 g/mol. The van der Waals surface area contributed by atoms with Crippen molar-refractivity contribution in [1.29, 1.82) is 5.26 Å². The number of carbonyl (C=O) groups excluding carboxylic acids is 1. The topological polar surface area (TPSA) is 64.9 Å². The quantitative estimate of drug-likeness (QED) is 0.839. The van der Waals surface area contributed by atoms with E-state index in [2.05, 4.69) is 10.6 Å². The number of hydrogen-bond donors (Lipinski definition) is 2. The highest BCUT2D eigenvalue weighted by atomic mass is 19.1. The molecule has 0 bridgehead atoms. The molecule has 1 aromatic carbocycles. The molecule has 0 radical (unpaired) electrons. The highest BCUT2D eigenvalue weighted by molar-refractivity contribution is 5.91. The lowest BCUT2D eigenvalue weighted by Crippen LogP contribution is -2.27. The van der Waals surface area contributed by atoms with E-state index in [9.17, 15) is 9.18 Å². The number of nitrogens with zero attached hydrogens (tertiary/aromatic N) is 1. The summed E-state index contributed by atoms with van der Waals surface area (Å²) in [5.41, 5.74) is 0.329. The SMILES string of the molecule is CC(C)NCCC(=O)Nc1ccc(C#N)cc1F. The van der Waals surface area contributed by atoms with E-state index < -0.39 is 5.82 Å². The molecule has 0 aliphatic rings. The first-order chi connectivity index (χ1) is 8.52. The third kappa shape index (κ3) is 4.52. The number of nitriles is 1. The van der Waals surface area contributed by atoms with Gasteiger partial charge in [0.15, 0.2) is 0 Å². The molecule has 0 spiro atoms. The fraction of sp³-hybridized carbons (Fsp3) is 0.385. The van der Waals surface area contributed by atoms with Gasteiger partial charge in [0.1, 0.15) is 5.82 Å². The van der Waals surface area contributed by atoms with Gasteiger partial charge in [-0.1, -0.05) is 13.8 Å². The van der Waals surface area contributed by atoms with Crippen molar-refractivity contribution in [3.05, 3.63) is 29.6 Å². The molecule has 2 N–H and O–H groups in total. The summed E-state index contributed by atoms with van der Waals surface area (Å²) < 4.78 is 13.5. The molecule has 0 aliphatic heterocycles. The van der Waals surface area contributed by atoms with Crippen LogP contribution in [0, 0.1) is 17.1 Å². The van der Waals surface area contributed by atoms with Crippen molar-refractivity contribution in [3.8, 4) is 6.07 Å². The maximum absolute atomic E-state index is 13.5. The second kappa shape index (κ2) is 6.72. The number of carbonyl (C=O) groups is 1. The predicted molar refractivity (Wildman–Crippen MR) is 67.5 cm³/mol. The van der Waals surface area contributed by atoms with Gasteiger partial charge >= 0.3 is 0 Å². The molecule has 0 atom stereocenters. The molecule has 1 rings (SSSR count). The van der Waals surface area contributed by atoms with Crippen molar-refractivity contribution in [1.82, 2.24) is 5.32 Å². The minimum atomic E-state index is -0.598. The number of benzene rings is 1. The van der Waals surface area contributed by atoms with E-state index in [1.54, 1.807) is 0 Å². The van der Waals surface area contributed by atoms with Crippen LogP contribution in [-0.4, -0.2) is 18.5 Å². The van der Waals surface area contributed by atoms with Gasteiger partial charge in [-0.3, -0.25) is 4.79 Å². The summed E-state index contributed by atoms with van der Waals surface area (Å²) in [6.45, 7) is 4.51. The van der Waals surface area contributed by atoms with Gasteiger partial charge in [0.05, 0.1) is 17.3 Å². The normalized spacial score (nSPS) is 10.2. The minimum absolute atomic E-state index is 0.101. The molecule has 5 heteroatoms. The van der Waals surface area contributed by atoms with E-state index in [1.807, 2.05) is 19.9 Å². The summed E-state index contributed by atoms with van der Waals surface area (Å²) in [4.78, 5) is 11.5. The molecule has 4 nitrogen and oxygen atoms in total. The summed E-state index contributed by atoms with van der Waals surface area (Å²) in [5, 5.41) is 14.2. The largest absolute Gasteiger partial charge is 0.324 e. The van der Waals surface area contributed by atoms with Gasteiger partial charge < -0.3 is 10.6 Å². The van der Waals surface area contributed by atoms with Gasteiger partial charge in [-0.15, -0.1) is 0 Å². The molecule has 0 aromatic heterocycles. The van der Waals surface area contributed by atoms with Crippen LogP contribution in [0.15, 0.2) is 18.2 Å². The summed E-state index contributed by atoms with van der Waals surface area (Å²) in [5.74, 6) is -0.856. The Labute approximate surface area is 106 Å². The van der Waals surface area contributed by atoms with Crippen LogP contribution in [0.25, 0.3) is 0 Å². The predicted octanol–water partition coefficient (Wildman–Crippen LogP) is 2.02. The average molecular weight is 249 g/mol. The first-order valence-corrected chi connectivity index (χ1v) is 5.76. The lowest BCUT2D eigenvalue weighted by Gasteiger charge is -2.09. The second-order valence-electron chi connectivity index (χ2n) is 4.21. The van der Waals surface area contributed by atoms with Gasteiger partial charge in [0, 0.05) is 19.0 Å². The maximum Gasteiger partial charge on any atom is 0.225 e. The van der Waals surface area contributed by atoms with Gasteiger partial charge in [-0.05, 0) is 18.2 Å². The Balaban J connectivity index is 2.52. The van der Waals surface area contributed by atoms with Gasteiger partial charge in [-0.25, -0.2) is 4.39 Å². The number of nitrogens with one attached hydrogen (secondary N) is 2. The lowest BCUT2D eigenvalue weighted by atomic mass is 10.2. The Hall–Kier alpha value is -1.93. The summed E-state index contributed by atoms with van der Waals surface area (Å²) in [6.07, 6.45) is 0.275. The summed E-state index contributed by atoms with van der Waals surface area (Å²) in [7, 11) is 0. The van der Waals surface area contributed by atoms with Crippen LogP contribution >= 0.6 is 0 Å². The molecule has 1 aromatic rings. The smallest absolute Gasteiger partial charge is 0.225 e. The highest BCUT2D eigenvalue weighted by Crippen LogP contribution is 2.15. The fourth-order valence-corrected chi connectivity index (χ4v) is 1.37. The standard InChI is InChI=1S/C13H16FN3O/c1-9(2)16-6-5-13(18)17-12-4-3-10(8-15)7-11(12)14/h3-4,7,9,16H,5-6H2,1-2H3,(H,17,18). The molecule has 1 amide bonds. The van der Waals surface area contributed by atoms with Crippen LogP contribution in [0.1, 0.15) is 25.8 Å². The number of anilines is 1. The zero-order chi connectivity index (χ0) is 13.5. The van der Waals surface area contributed by atoms with Crippen LogP contribution in [0.5, 0.6) is 0 Å². The van der Waals surface area contributed by atoms with Gasteiger partial charge in [0.25, 0.3) is 0 Å². The van der Waals surface area contributed by atoms with Crippen LogP contribution in [0.3, 0.4) is 0 Å². The Morgan fingerprint density at radius 2 is 2.22 bits per heavy atom. The third-order valence-corrected chi connectivity index (χ3v) is 2.28. The Bertz CT molecular complexity index is 466. The number of halogens is 1. The second-order valence-corrected chi connectivity index (χ2v) is 4.21. The van der Waals surface area contributed by atoms with E-state index in [4.69, 9.17) is 5.26 Å². The Kier molecular flexibility index (Phi) is 5.28. The van der Waals surface area contributed by atoms with Crippen molar-refractivity contribution < 1.29 is 9.18 Å². The van der Waals surface area contributed by atoms with Crippen molar-refractivity contribution in [2.45, 2.75) is 26.3 Å². The molecule has 0 aliphatic carbocycles. The molecule has 18 heavy (non-hydrogen) atoms. The Morgan fingerprint density at radius 1 is 1.50 bits per heavy atom. The highest BCUT2D eigenvalue weighted by Gasteiger charge is 2.07. The zero-order valence-electron chi connectivity index (χ0n) is 10.5. The average Bonchev–Trinajstić information content (AvgIpc) is 2.31. The first kappa shape index (κ1) is 14.1. The number of amides is 1. The van der Waals surface area contributed by atoms with E-state index >= 15 is 0 Å². The molecule has 0 saturated carbocycles. The lowest BCUT2D eigenvalue weighted by molar-refractivity contribution is -0.116.